The fraction of sp³-hybridized carbons (Fsp3) is 0.364. The van der Waals surface area contributed by atoms with Crippen molar-refractivity contribution in [3.63, 3.8) is 0 Å². The summed E-state index contributed by atoms with van der Waals surface area (Å²) in [5.74, 6) is -0.639. The molecule has 0 unspecified atom stereocenters. The van der Waals surface area contributed by atoms with Gasteiger partial charge >= 0.3 is 0 Å². The minimum absolute atomic E-state index is 0.00935. The van der Waals surface area contributed by atoms with Crippen LogP contribution in [0.1, 0.15) is 10.4 Å². The van der Waals surface area contributed by atoms with E-state index in [9.17, 15) is 23.7 Å². The minimum atomic E-state index is -2.57. The van der Waals surface area contributed by atoms with Gasteiger partial charge in [0.25, 0.3) is 18.0 Å². The van der Waals surface area contributed by atoms with Crippen LogP contribution in [-0.2, 0) is 4.74 Å². The largest absolute Gasteiger partial charge is 0.374 e. The quantitative estimate of drug-likeness (QED) is 0.476. The molecule has 1 aromatic rings. The fourth-order valence-electron chi connectivity index (χ4n) is 1.34. The average molecular weight is 309 g/mol. The molecule has 0 bridgehead atoms. The van der Waals surface area contributed by atoms with Gasteiger partial charge in [-0.15, -0.1) is 0 Å². The number of hydrogen-bond donors (Lipinski definition) is 1. The van der Waals surface area contributed by atoms with Crippen LogP contribution in [0.2, 0.25) is 5.02 Å². The second kappa shape index (κ2) is 7.71. The SMILES string of the molecule is O=C(NCCOCC(F)F)c1cccc([N+](=O)[O-])c1Cl. The molecule has 9 heteroatoms. The van der Waals surface area contributed by atoms with Crippen molar-refractivity contribution in [3.8, 4) is 0 Å². The van der Waals surface area contributed by atoms with E-state index in [-0.39, 0.29) is 29.4 Å². The summed E-state index contributed by atoms with van der Waals surface area (Å²) in [5, 5.41) is 12.7. The van der Waals surface area contributed by atoms with Crippen LogP contribution in [0, 0.1) is 10.1 Å². The van der Waals surface area contributed by atoms with Crippen LogP contribution >= 0.6 is 11.6 Å². The zero-order valence-corrected chi connectivity index (χ0v) is 10.9. The Morgan fingerprint density at radius 3 is 2.80 bits per heavy atom. The van der Waals surface area contributed by atoms with Gasteiger partial charge in [0.15, 0.2) is 0 Å². The summed E-state index contributed by atoms with van der Waals surface area (Å²) >= 11 is 5.75. The molecule has 0 fully saturated rings. The monoisotopic (exact) mass is 308 g/mol. The lowest BCUT2D eigenvalue weighted by Gasteiger charge is -2.07. The zero-order valence-electron chi connectivity index (χ0n) is 10.1. The molecule has 20 heavy (non-hydrogen) atoms. The second-order valence-electron chi connectivity index (χ2n) is 3.62. The highest BCUT2D eigenvalue weighted by Crippen LogP contribution is 2.27. The van der Waals surface area contributed by atoms with Gasteiger partial charge in [0.05, 0.1) is 17.1 Å². The molecule has 0 atom stereocenters. The second-order valence-corrected chi connectivity index (χ2v) is 4.00. The maximum atomic E-state index is 11.8. The Labute approximate surface area is 117 Å². The molecular weight excluding hydrogens is 298 g/mol. The number of alkyl halides is 2. The van der Waals surface area contributed by atoms with Crippen LogP contribution in [0.3, 0.4) is 0 Å². The molecule has 1 aromatic carbocycles. The third kappa shape index (κ3) is 4.71. The lowest BCUT2D eigenvalue weighted by molar-refractivity contribution is -0.384. The van der Waals surface area contributed by atoms with Gasteiger partial charge in [-0.2, -0.15) is 0 Å². The predicted molar refractivity (Wildman–Crippen MR) is 67.3 cm³/mol. The Morgan fingerprint density at radius 2 is 2.20 bits per heavy atom. The first kappa shape index (κ1) is 16.3. The van der Waals surface area contributed by atoms with Gasteiger partial charge in [-0.3, -0.25) is 14.9 Å². The molecule has 0 aliphatic carbocycles. The molecule has 0 saturated heterocycles. The van der Waals surface area contributed by atoms with E-state index in [0.29, 0.717) is 0 Å². The van der Waals surface area contributed by atoms with Crippen molar-refractivity contribution >= 4 is 23.2 Å². The van der Waals surface area contributed by atoms with Gasteiger partial charge in [0, 0.05) is 12.6 Å². The number of nitro groups is 1. The molecular formula is C11H11ClF2N2O4. The Hall–Kier alpha value is -1.80. The number of nitrogens with one attached hydrogen (secondary N) is 1. The maximum absolute atomic E-state index is 11.8. The summed E-state index contributed by atoms with van der Waals surface area (Å²) in [7, 11) is 0. The van der Waals surface area contributed by atoms with Crippen LogP contribution < -0.4 is 5.32 Å². The van der Waals surface area contributed by atoms with Crippen molar-refractivity contribution in [1.82, 2.24) is 5.32 Å². The summed E-state index contributed by atoms with van der Waals surface area (Å²) in [5.41, 5.74) is -0.442. The smallest absolute Gasteiger partial charge is 0.288 e. The van der Waals surface area contributed by atoms with Crippen molar-refractivity contribution in [2.75, 3.05) is 19.8 Å². The number of carbonyl (C=O) groups excluding carboxylic acids is 1. The topological polar surface area (TPSA) is 81.5 Å². The Morgan fingerprint density at radius 1 is 1.50 bits per heavy atom. The van der Waals surface area contributed by atoms with E-state index in [1.807, 2.05) is 0 Å². The van der Waals surface area contributed by atoms with Crippen LogP contribution in [0.5, 0.6) is 0 Å². The van der Waals surface area contributed by atoms with Crippen LogP contribution in [0.25, 0.3) is 0 Å². The molecule has 0 aromatic heterocycles. The van der Waals surface area contributed by atoms with Gasteiger partial charge in [-0.25, -0.2) is 8.78 Å². The number of nitrogens with zero attached hydrogens (tertiary/aromatic N) is 1. The molecule has 0 radical (unpaired) electrons. The first-order chi connectivity index (χ1) is 9.43. The van der Waals surface area contributed by atoms with E-state index >= 15 is 0 Å². The van der Waals surface area contributed by atoms with Crippen LogP contribution in [-0.4, -0.2) is 37.0 Å². The van der Waals surface area contributed by atoms with Gasteiger partial charge in [0.2, 0.25) is 0 Å². The minimum Gasteiger partial charge on any atom is -0.374 e. The molecule has 0 heterocycles. The number of nitro benzene ring substituents is 1. The molecule has 110 valence electrons. The first-order valence-electron chi connectivity index (χ1n) is 5.50. The predicted octanol–water partition coefficient (Wildman–Crippen LogP) is 2.26. The van der Waals surface area contributed by atoms with E-state index in [0.717, 1.165) is 0 Å². The van der Waals surface area contributed by atoms with Crippen LogP contribution in [0.4, 0.5) is 14.5 Å². The molecule has 6 nitrogen and oxygen atoms in total. The standard InChI is InChI=1S/C11H11ClF2N2O4/c12-10-7(2-1-3-8(10)16(18)19)11(17)15-4-5-20-6-9(13)14/h1-3,9H,4-6H2,(H,15,17). The highest BCUT2D eigenvalue weighted by molar-refractivity contribution is 6.35. The van der Waals surface area contributed by atoms with Crippen molar-refractivity contribution in [3.05, 3.63) is 38.9 Å². The lowest BCUT2D eigenvalue weighted by atomic mass is 10.2. The fourth-order valence-corrected chi connectivity index (χ4v) is 1.62. The number of amides is 1. The summed E-state index contributed by atoms with van der Waals surface area (Å²) in [6.07, 6.45) is -2.57. The van der Waals surface area contributed by atoms with Crippen molar-refractivity contribution in [2.24, 2.45) is 0 Å². The van der Waals surface area contributed by atoms with E-state index in [1.165, 1.54) is 18.2 Å². The van der Waals surface area contributed by atoms with Gasteiger partial charge in [-0.1, -0.05) is 17.7 Å². The molecule has 1 amide bonds. The number of rotatable bonds is 7. The Bertz CT molecular complexity index is 499. The molecule has 0 aliphatic heterocycles. The molecule has 1 rings (SSSR count). The lowest BCUT2D eigenvalue weighted by Crippen LogP contribution is -2.28. The number of hydrogen-bond acceptors (Lipinski definition) is 4. The van der Waals surface area contributed by atoms with Gasteiger partial charge < -0.3 is 10.1 Å². The van der Waals surface area contributed by atoms with Crippen molar-refractivity contribution in [1.29, 1.82) is 0 Å². The normalized spacial score (nSPS) is 10.6. The van der Waals surface area contributed by atoms with E-state index in [2.05, 4.69) is 10.1 Å². The third-order valence-electron chi connectivity index (χ3n) is 2.20. The summed E-state index contributed by atoms with van der Waals surface area (Å²) < 4.78 is 28.1. The number of ether oxygens (including phenoxy) is 1. The average Bonchev–Trinajstić information content (AvgIpc) is 2.37. The molecule has 0 saturated carbocycles. The highest BCUT2D eigenvalue weighted by Gasteiger charge is 2.19. The Balaban J connectivity index is 2.56. The van der Waals surface area contributed by atoms with Gasteiger partial charge in [0.1, 0.15) is 11.6 Å². The number of carbonyl (C=O) groups is 1. The Kier molecular flexibility index (Phi) is 6.26. The maximum Gasteiger partial charge on any atom is 0.288 e. The number of halogens is 3. The summed E-state index contributed by atoms with van der Waals surface area (Å²) in [6, 6.07) is 3.82. The number of benzene rings is 1. The van der Waals surface area contributed by atoms with E-state index < -0.39 is 23.9 Å². The van der Waals surface area contributed by atoms with Crippen LogP contribution in [0.15, 0.2) is 18.2 Å². The zero-order chi connectivity index (χ0) is 15.1. The van der Waals surface area contributed by atoms with Crippen molar-refractivity contribution < 1.29 is 23.2 Å². The molecule has 0 spiro atoms. The van der Waals surface area contributed by atoms with Crippen molar-refractivity contribution in [2.45, 2.75) is 6.43 Å². The van der Waals surface area contributed by atoms with E-state index in [4.69, 9.17) is 11.6 Å². The van der Waals surface area contributed by atoms with E-state index in [1.54, 1.807) is 0 Å². The summed E-state index contributed by atoms with van der Waals surface area (Å²) in [6.45, 7) is -0.819. The molecule has 1 N–H and O–H groups in total. The molecule has 0 aliphatic rings. The first-order valence-corrected chi connectivity index (χ1v) is 5.88. The highest BCUT2D eigenvalue weighted by atomic mass is 35.5. The summed E-state index contributed by atoms with van der Waals surface area (Å²) in [4.78, 5) is 21.7. The third-order valence-corrected chi connectivity index (χ3v) is 2.59. The van der Waals surface area contributed by atoms with Gasteiger partial charge in [-0.05, 0) is 6.07 Å².